The van der Waals surface area contributed by atoms with Crippen LogP contribution in [0.15, 0.2) is 60.2 Å². The van der Waals surface area contributed by atoms with E-state index in [1.165, 1.54) is 59.2 Å². The van der Waals surface area contributed by atoms with Gasteiger partial charge in [0.1, 0.15) is 64.2 Å². The molecular formula is C60H85ClN8O16S. The molecule has 10 atom stereocenters. The number of hydrogen-bond acceptors (Lipinski definition) is 17. The van der Waals surface area contributed by atoms with Crippen molar-refractivity contribution < 1.29 is 76.6 Å². The zero-order valence-corrected chi connectivity index (χ0v) is 52.5. The number of para-hydroxylation sites is 1. The van der Waals surface area contributed by atoms with Gasteiger partial charge in [0.25, 0.3) is 5.91 Å². The van der Waals surface area contributed by atoms with Gasteiger partial charge in [-0.3, -0.25) is 28.8 Å². The minimum Gasteiger partial charge on any atom is -0.495 e. The topological polar surface area (TPSA) is 317 Å². The van der Waals surface area contributed by atoms with Gasteiger partial charge in [-0.25, -0.2) is 9.59 Å². The molecule has 3 aliphatic heterocycles. The van der Waals surface area contributed by atoms with E-state index in [1.54, 1.807) is 64.1 Å². The van der Waals surface area contributed by atoms with Crippen LogP contribution in [0.2, 0.25) is 5.02 Å². The number of amides is 6. The number of nitrogens with two attached hydrogens (primary N) is 1. The van der Waals surface area contributed by atoms with Crippen molar-refractivity contribution in [3.63, 3.8) is 0 Å². The monoisotopic (exact) mass is 1240 g/mol. The Kier molecular flexibility index (Phi) is 26.3. The Hall–Kier alpha value is -6.74. The number of halogens is 1. The Morgan fingerprint density at radius 2 is 1.69 bits per heavy atom. The summed E-state index contributed by atoms with van der Waals surface area (Å²) >= 11 is 12.4. The number of aliphatic hydroxyl groups is 1. The summed E-state index contributed by atoms with van der Waals surface area (Å²) in [6.07, 6.45) is 1.51. The number of methoxy groups -OCH3 is 2. The van der Waals surface area contributed by atoms with Gasteiger partial charge in [-0.15, -0.1) is 0 Å². The van der Waals surface area contributed by atoms with Gasteiger partial charge >= 0.3 is 18.0 Å². The van der Waals surface area contributed by atoms with Gasteiger partial charge in [0.05, 0.1) is 69.4 Å². The molecule has 3 heterocycles. The Morgan fingerprint density at radius 1 is 0.988 bits per heavy atom. The molecule has 3 aliphatic rings. The molecule has 2 fully saturated rings. The molecule has 2 saturated heterocycles. The first kappa shape index (κ1) is 70.0. The third-order valence-corrected chi connectivity index (χ3v) is 16.1. The fraction of sp³-hybridized carbons (Fsp3) is 0.583. The highest BCUT2D eigenvalue weighted by Gasteiger charge is 2.64. The number of fused-ring (bicyclic) bond motifs is 5. The number of likely N-dealkylation sites (N-methyl/N-ethyl adjacent to an activating group) is 1. The maximum Gasteiger partial charge on any atom is 0.328 e. The minimum atomic E-state index is -1.68. The second-order valence-electron chi connectivity index (χ2n) is 22.5. The van der Waals surface area contributed by atoms with E-state index in [-0.39, 0.29) is 71.9 Å². The molecule has 0 spiro atoms. The van der Waals surface area contributed by atoms with Crippen molar-refractivity contribution in [2.75, 3.05) is 78.0 Å². The van der Waals surface area contributed by atoms with Crippen molar-refractivity contribution in [2.45, 2.75) is 147 Å². The molecule has 0 radical (unpaired) electrons. The van der Waals surface area contributed by atoms with Gasteiger partial charge < -0.3 is 80.4 Å². The number of nitrogens with zero attached hydrogens (tertiary/aromatic N) is 2. The summed E-state index contributed by atoms with van der Waals surface area (Å²) < 4.78 is 40.8. The molecule has 474 valence electrons. The summed E-state index contributed by atoms with van der Waals surface area (Å²) in [5, 5.41) is 26.4. The van der Waals surface area contributed by atoms with Crippen molar-refractivity contribution in [3.05, 3.63) is 76.3 Å². The van der Waals surface area contributed by atoms with Crippen molar-refractivity contribution in [1.29, 1.82) is 0 Å². The van der Waals surface area contributed by atoms with Crippen LogP contribution in [0.25, 0.3) is 0 Å². The minimum absolute atomic E-state index is 0.0204. The van der Waals surface area contributed by atoms with Crippen LogP contribution < -0.4 is 42.0 Å². The number of anilines is 2. The number of nitrogens with one attached hydrogen (secondary N) is 5. The molecule has 5 rings (SSSR count). The molecule has 0 unspecified atom stereocenters. The van der Waals surface area contributed by atoms with Gasteiger partial charge in [-0.05, 0) is 94.9 Å². The largest absolute Gasteiger partial charge is 0.495 e. The average molecular weight is 1240 g/mol. The van der Waals surface area contributed by atoms with E-state index in [4.69, 9.17) is 62.7 Å². The molecule has 8 N–H and O–H groups in total. The van der Waals surface area contributed by atoms with Crippen molar-refractivity contribution in [2.24, 2.45) is 17.6 Å². The molecule has 6 amide bonds. The summed E-state index contributed by atoms with van der Waals surface area (Å²) in [5.74, 6) is -4.71. The Bertz CT molecular complexity index is 2840. The van der Waals surface area contributed by atoms with Crippen LogP contribution in [0.5, 0.6) is 5.75 Å². The summed E-state index contributed by atoms with van der Waals surface area (Å²) in [6.45, 7) is 13.4. The van der Waals surface area contributed by atoms with E-state index in [1.807, 2.05) is 13.0 Å². The van der Waals surface area contributed by atoms with Crippen LogP contribution >= 0.6 is 23.8 Å². The van der Waals surface area contributed by atoms with E-state index in [9.17, 15) is 43.5 Å². The third-order valence-electron chi connectivity index (χ3n) is 15.5. The average Bonchev–Trinajstić information content (AvgIpc) is 1.61. The Morgan fingerprint density at radius 3 is 2.35 bits per heavy atom. The number of allylic oxidation sites excluding steroid dienone is 3. The number of carbonyl (C=O) groups excluding carboxylic acids is 8. The second kappa shape index (κ2) is 32.3. The number of carbonyl (C=O) groups is 8. The molecule has 2 aromatic carbocycles. The highest BCUT2D eigenvalue weighted by Crippen LogP contribution is 2.50. The van der Waals surface area contributed by atoms with Crippen molar-refractivity contribution >= 4 is 87.7 Å². The molecule has 4 bridgehead atoms. The lowest BCUT2D eigenvalue weighted by atomic mass is 9.78. The first-order chi connectivity index (χ1) is 40.6. The van der Waals surface area contributed by atoms with Crippen LogP contribution in [0.3, 0.4) is 0 Å². The lowest BCUT2D eigenvalue weighted by Gasteiger charge is -2.41. The SMILES string of the molecule is COc1cc2cc(c1Cl)N(C)C(=O)C[C@H](OC(=O)[C@H](C)N(C)C(=O)c1ccccc1NC(=O)[C@H](CCCNC(N)=O)NC(=O)[C@@H](NC(=S)NCCOCCOCCC(C)=O)C(C)C)[C@]1(C)O[C@H]1[C@H](C)[C@@H]1C[C@@](O)(CC(=O)O1)[C@H](OC)/C=C/C=C(\C)C2. The normalized spacial score (nSPS) is 24.2. The van der Waals surface area contributed by atoms with Gasteiger partial charge in [-0.2, -0.15) is 0 Å². The van der Waals surface area contributed by atoms with E-state index in [2.05, 4.69) is 26.6 Å². The highest BCUT2D eigenvalue weighted by atomic mass is 35.5. The number of esters is 2. The van der Waals surface area contributed by atoms with Gasteiger partial charge in [0, 0.05) is 53.1 Å². The zero-order chi connectivity index (χ0) is 63.6. The molecule has 86 heavy (non-hydrogen) atoms. The molecule has 26 heteroatoms. The van der Waals surface area contributed by atoms with Crippen LogP contribution in [0, 0.1) is 11.8 Å². The van der Waals surface area contributed by atoms with Crippen LogP contribution in [0.1, 0.15) is 103 Å². The second-order valence-corrected chi connectivity index (χ2v) is 23.2. The number of thiocarbonyl (C=S) groups is 1. The number of benzene rings is 2. The maximum absolute atomic E-state index is 14.6. The number of ether oxygens (including phenoxy) is 7. The summed E-state index contributed by atoms with van der Waals surface area (Å²) in [4.78, 5) is 110. The Balaban J connectivity index is 1.36. The summed E-state index contributed by atoms with van der Waals surface area (Å²) in [7, 11) is 5.79. The van der Waals surface area contributed by atoms with E-state index < -0.39 is 108 Å². The smallest absolute Gasteiger partial charge is 0.328 e. The highest BCUT2D eigenvalue weighted by molar-refractivity contribution is 7.80. The summed E-state index contributed by atoms with van der Waals surface area (Å²) in [5.41, 5.74) is 4.20. The first-order valence-electron chi connectivity index (χ1n) is 28.6. The predicted molar refractivity (Wildman–Crippen MR) is 324 cm³/mol. The third kappa shape index (κ3) is 19.4. The van der Waals surface area contributed by atoms with Gasteiger partial charge in [0.15, 0.2) is 5.11 Å². The fourth-order valence-corrected chi connectivity index (χ4v) is 10.7. The van der Waals surface area contributed by atoms with E-state index in [0.29, 0.717) is 50.6 Å². The summed E-state index contributed by atoms with van der Waals surface area (Å²) in [6, 6.07) is 5.35. The molecule has 0 aromatic heterocycles. The zero-order valence-electron chi connectivity index (χ0n) is 50.9. The van der Waals surface area contributed by atoms with Crippen LogP contribution in [0.4, 0.5) is 16.2 Å². The number of urea groups is 1. The van der Waals surface area contributed by atoms with Crippen LogP contribution in [-0.2, 0) is 63.6 Å². The van der Waals surface area contributed by atoms with E-state index >= 15 is 0 Å². The number of primary amides is 1. The molecule has 2 aromatic rings. The molecular weight excluding hydrogens is 1160 g/mol. The van der Waals surface area contributed by atoms with Gasteiger partial charge in [-0.1, -0.05) is 68.3 Å². The number of hydrogen-bond donors (Lipinski definition) is 7. The number of epoxide rings is 1. The van der Waals surface area contributed by atoms with Crippen LogP contribution in [-0.4, -0.2) is 184 Å². The number of Topliss-reactive ketones (excluding diaryl/α,β-unsaturated/α-hetero) is 1. The van der Waals surface area contributed by atoms with Crippen molar-refractivity contribution in [1.82, 2.24) is 26.2 Å². The lowest BCUT2D eigenvalue weighted by Crippen LogP contribution is -2.56. The van der Waals surface area contributed by atoms with E-state index in [0.717, 1.165) is 16.0 Å². The van der Waals surface area contributed by atoms with Gasteiger partial charge in [0.2, 0.25) is 17.7 Å². The standard InChI is InChI=1S/C60H85ClN8O16S/c1-34(2)51(67-58(86)64-23-25-82-27-26-81-24-21-36(4)70)54(74)66-42(19-15-22-63-57(62)77)53(73)65-41-18-13-12-17-40(41)55(75)68(8)38(6)56(76)84-47-31-48(71)69(9)43-29-39(30-44(79-10)50(43)61)28-35(3)16-14-20-46(80-11)60(78)32-45(83-49(72)33-60)37(5)52-59(47,7)85-52/h12-14,16-18,20,29-30,34,37-38,42,45-47,51-52,78H,15,19,21-28,31-33H2,1-11H3,(H,65,73)(H,66,74)(H3,62,63,77)(H2,64,67,86)/b20-14+,35-16+/t37-,38+,42+,45+,46-,47+,51+,52+,59+,60-/m1/s1. The molecule has 0 aliphatic carbocycles. The number of ketones is 1. The first-order valence-corrected chi connectivity index (χ1v) is 29.4. The maximum atomic E-state index is 14.6. The quantitative estimate of drug-likeness (QED) is 0.0312. The predicted octanol–water partition coefficient (Wildman–Crippen LogP) is 4.45. The molecule has 0 saturated carbocycles. The molecule has 24 nitrogen and oxygen atoms in total. The number of rotatable bonds is 25. The lowest BCUT2D eigenvalue weighted by molar-refractivity contribution is -0.187. The Labute approximate surface area is 513 Å². The fourth-order valence-electron chi connectivity index (χ4n) is 10.2. The van der Waals surface area contributed by atoms with Crippen molar-refractivity contribution in [3.8, 4) is 5.75 Å².